The van der Waals surface area contributed by atoms with Crippen LogP contribution in [0.1, 0.15) is 41.3 Å². The van der Waals surface area contributed by atoms with Crippen LogP contribution in [0.25, 0.3) is 0 Å². The number of rotatable bonds is 6. The van der Waals surface area contributed by atoms with Gasteiger partial charge in [0, 0.05) is 36.8 Å². The number of ether oxygens (including phenoxy) is 1. The first-order chi connectivity index (χ1) is 14.7. The molecule has 2 heterocycles. The second-order valence-corrected chi connectivity index (χ2v) is 7.90. The van der Waals surface area contributed by atoms with Crippen molar-refractivity contribution >= 4 is 5.91 Å². The SMILES string of the molecule is COc1cccc(Cc2cccc(C3CCN(C(=O)Cc4ccccc4)CC3)n2)c1. The average molecular weight is 401 g/mol. The molecule has 0 radical (unpaired) electrons. The summed E-state index contributed by atoms with van der Waals surface area (Å²) in [6.07, 6.45) is 3.21. The third-order valence-corrected chi connectivity index (χ3v) is 5.81. The summed E-state index contributed by atoms with van der Waals surface area (Å²) in [5, 5.41) is 0. The molecule has 0 atom stereocenters. The van der Waals surface area contributed by atoms with Crippen LogP contribution in [-0.4, -0.2) is 36.0 Å². The fourth-order valence-electron chi connectivity index (χ4n) is 4.12. The second-order valence-electron chi connectivity index (χ2n) is 7.90. The fraction of sp³-hybridized carbons (Fsp3) is 0.308. The van der Waals surface area contributed by atoms with Crippen molar-refractivity contribution in [2.75, 3.05) is 20.2 Å². The average Bonchev–Trinajstić information content (AvgIpc) is 2.80. The first-order valence-corrected chi connectivity index (χ1v) is 10.6. The highest BCUT2D eigenvalue weighted by Gasteiger charge is 2.24. The van der Waals surface area contributed by atoms with Crippen molar-refractivity contribution < 1.29 is 9.53 Å². The fourth-order valence-corrected chi connectivity index (χ4v) is 4.12. The van der Waals surface area contributed by atoms with E-state index >= 15 is 0 Å². The minimum Gasteiger partial charge on any atom is -0.497 e. The lowest BCUT2D eigenvalue weighted by atomic mass is 9.92. The summed E-state index contributed by atoms with van der Waals surface area (Å²) >= 11 is 0. The van der Waals surface area contributed by atoms with Gasteiger partial charge in [0.05, 0.1) is 13.5 Å². The van der Waals surface area contributed by atoms with Crippen molar-refractivity contribution in [2.45, 2.75) is 31.6 Å². The normalized spacial score (nSPS) is 14.5. The number of aromatic nitrogens is 1. The molecule has 4 rings (SSSR count). The highest BCUT2D eigenvalue weighted by molar-refractivity contribution is 5.78. The molecule has 0 saturated carbocycles. The van der Waals surface area contributed by atoms with E-state index in [0.717, 1.165) is 55.1 Å². The number of amides is 1. The first-order valence-electron chi connectivity index (χ1n) is 10.6. The molecule has 1 saturated heterocycles. The van der Waals surface area contributed by atoms with Crippen molar-refractivity contribution in [2.24, 2.45) is 0 Å². The Bertz CT molecular complexity index is 979. The molecule has 1 fully saturated rings. The topological polar surface area (TPSA) is 42.4 Å². The van der Waals surface area contributed by atoms with Gasteiger partial charge in [-0.1, -0.05) is 48.5 Å². The number of likely N-dealkylation sites (tertiary alicyclic amines) is 1. The highest BCUT2D eigenvalue weighted by atomic mass is 16.5. The molecule has 4 nitrogen and oxygen atoms in total. The number of methoxy groups -OCH3 is 1. The summed E-state index contributed by atoms with van der Waals surface area (Å²) in [5.74, 6) is 1.51. The summed E-state index contributed by atoms with van der Waals surface area (Å²) in [7, 11) is 1.69. The third-order valence-electron chi connectivity index (χ3n) is 5.81. The summed E-state index contributed by atoms with van der Waals surface area (Å²) in [5.41, 5.74) is 4.49. The van der Waals surface area contributed by atoms with E-state index in [1.807, 2.05) is 47.4 Å². The Hall–Kier alpha value is -3.14. The number of carbonyl (C=O) groups excluding carboxylic acids is 1. The van der Waals surface area contributed by atoms with Crippen LogP contribution in [-0.2, 0) is 17.6 Å². The molecule has 1 aromatic heterocycles. The van der Waals surface area contributed by atoms with Crippen LogP contribution < -0.4 is 4.74 Å². The molecule has 1 aliphatic rings. The predicted molar refractivity (Wildman–Crippen MR) is 119 cm³/mol. The van der Waals surface area contributed by atoms with Crippen LogP contribution in [0.3, 0.4) is 0 Å². The molecular formula is C26H28N2O2. The highest BCUT2D eigenvalue weighted by Crippen LogP contribution is 2.27. The molecule has 0 unspecified atom stereocenters. The van der Waals surface area contributed by atoms with Crippen LogP contribution in [0.5, 0.6) is 5.75 Å². The largest absolute Gasteiger partial charge is 0.497 e. The zero-order valence-electron chi connectivity index (χ0n) is 17.5. The van der Waals surface area contributed by atoms with E-state index in [2.05, 4.69) is 30.3 Å². The first kappa shape index (κ1) is 20.1. The molecular weight excluding hydrogens is 372 g/mol. The lowest BCUT2D eigenvalue weighted by molar-refractivity contribution is -0.131. The van der Waals surface area contributed by atoms with Crippen molar-refractivity contribution in [3.8, 4) is 5.75 Å². The Kier molecular flexibility index (Phi) is 6.43. The molecule has 30 heavy (non-hydrogen) atoms. The number of piperidine rings is 1. The Morgan fingerprint density at radius 3 is 2.47 bits per heavy atom. The Balaban J connectivity index is 1.35. The molecule has 0 bridgehead atoms. The maximum Gasteiger partial charge on any atom is 0.226 e. The van der Waals surface area contributed by atoms with Crippen molar-refractivity contribution in [3.63, 3.8) is 0 Å². The van der Waals surface area contributed by atoms with Crippen LogP contribution in [0.15, 0.2) is 72.8 Å². The molecule has 154 valence electrons. The van der Waals surface area contributed by atoms with Crippen LogP contribution in [0.2, 0.25) is 0 Å². The Morgan fingerprint density at radius 1 is 0.967 bits per heavy atom. The molecule has 2 aromatic carbocycles. The minimum atomic E-state index is 0.222. The number of pyridine rings is 1. The standard InChI is InChI=1S/C26H28N2O2/c1-30-24-11-5-9-21(18-24)17-23-10-6-12-25(27-23)22-13-15-28(16-14-22)26(29)19-20-7-3-2-4-8-20/h2-12,18,22H,13-17,19H2,1H3. The quantitative estimate of drug-likeness (QED) is 0.606. The lowest BCUT2D eigenvalue weighted by Gasteiger charge is -2.32. The summed E-state index contributed by atoms with van der Waals surface area (Å²) < 4.78 is 5.33. The molecule has 0 aliphatic carbocycles. The molecule has 0 spiro atoms. The zero-order valence-corrected chi connectivity index (χ0v) is 17.5. The number of carbonyl (C=O) groups is 1. The number of hydrogen-bond donors (Lipinski definition) is 0. The van der Waals surface area contributed by atoms with E-state index in [1.165, 1.54) is 5.56 Å². The predicted octanol–water partition coefficient (Wildman–Crippen LogP) is 4.63. The van der Waals surface area contributed by atoms with Gasteiger partial charge >= 0.3 is 0 Å². The van der Waals surface area contributed by atoms with Crippen molar-refractivity contribution in [1.29, 1.82) is 0 Å². The second kappa shape index (κ2) is 9.57. The monoisotopic (exact) mass is 400 g/mol. The van der Waals surface area contributed by atoms with Crippen LogP contribution >= 0.6 is 0 Å². The van der Waals surface area contributed by atoms with E-state index in [1.54, 1.807) is 7.11 Å². The summed E-state index contributed by atoms with van der Waals surface area (Å²) in [6, 6.07) is 24.4. The van der Waals surface area contributed by atoms with Gasteiger partial charge < -0.3 is 9.64 Å². The van der Waals surface area contributed by atoms with E-state index in [9.17, 15) is 4.79 Å². The number of hydrogen-bond acceptors (Lipinski definition) is 3. The minimum absolute atomic E-state index is 0.222. The van der Waals surface area contributed by atoms with E-state index < -0.39 is 0 Å². The van der Waals surface area contributed by atoms with Crippen LogP contribution in [0.4, 0.5) is 0 Å². The van der Waals surface area contributed by atoms with Gasteiger partial charge in [0.1, 0.15) is 5.75 Å². The van der Waals surface area contributed by atoms with Gasteiger partial charge in [0.2, 0.25) is 5.91 Å². The Morgan fingerprint density at radius 2 is 1.70 bits per heavy atom. The van der Waals surface area contributed by atoms with E-state index in [-0.39, 0.29) is 5.91 Å². The summed E-state index contributed by atoms with van der Waals surface area (Å²) in [4.78, 5) is 19.6. The maximum atomic E-state index is 12.6. The van der Waals surface area contributed by atoms with E-state index in [4.69, 9.17) is 9.72 Å². The maximum absolute atomic E-state index is 12.6. The Labute approximate surface area is 178 Å². The van der Waals surface area contributed by atoms with Gasteiger partial charge in [0.15, 0.2) is 0 Å². The van der Waals surface area contributed by atoms with Gasteiger partial charge in [0.25, 0.3) is 0 Å². The van der Waals surface area contributed by atoms with Gasteiger partial charge in [-0.25, -0.2) is 0 Å². The van der Waals surface area contributed by atoms with Crippen molar-refractivity contribution in [1.82, 2.24) is 9.88 Å². The molecule has 3 aromatic rings. The summed E-state index contributed by atoms with van der Waals surface area (Å²) in [6.45, 7) is 1.61. The van der Waals surface area contributed by atoms with E-state index in [0.29, 0.717) is 12.3 Å². The number of benzene rings is 2. The molecule has 0 N–H and O–H groups in total. The van der Waals surface area contributed by atoms with Crippen molar-refractivity contribution in [3.05, 3.63) is 95.3 Å². The zero-order chi connectivity index (χ0) is 20.8. The molecule has 1 aliphatic heterocycles. The van der Waals surface area contributed by atoms with Gasteiger partial charge in [-0.3, -0.25) is 9.78 Å². The molecule has 1 amide bonds. The van der Waals surface area contributed by atoms with Gasteiger partial charge in [-0.2, -0.15) is 0 Å². The molecule has 4 heteroatoms. The number of nitrogens with zero attached hydrogens (tertiary/aromatic N) is 2. The van der Waals surface area contributed by atoms with Gasteiger partial charge in [-0.05, 0) is 48.2 Å². The van der Waals surface area contributed by atoms with Gasteiger partial charge in [-0.15, -0.1) is 0 Å². The smallest absolute Gasteiger partial charge is 0.226 e. The van der Waals surface area contributed by atoms with Crippen LogP contribution in [0, 0.1) is 0 Å². The third kappa shape index (κ3) is 5.07. The lowest BCUT2D eigenvalue weighted by Crippen LogP contribution is -2.38.